The SMILES string of the molecule is CC(C)c1ccc(C(C)C)c(C2(C(=O)O)CC2)c1O. The predicted molar refractivity (Wildman–Crippen MR) is 74.8 cm³/mol. The molecule has 0 bridgehead atoms. The van der Waals surface area contributed by atoms with Gasteiger partial charge in [0.25, 0.3) is 0 Å². The number of carboxylic acid groups (broad SMARTS) is 1. The third kappa shape index (κ3) is 2.11. The summed E-state index contributed by atoms with van der Waals surface area (Å²) < 4.78 is 0. The largest absolute Gasteiger partial charge is 0.507 e. The number of carbonyl (C=O) groups is 1. The summed E-state index contributed by atoms with van der Waals surface area (Å²) in [6, 6.07) is 3.91. The molecule has 1 aliphatic rings. The minimum absolute atomic E-state index is 0.185. The lowest BCUT2D eigenvalue weighted by Crippen LogP contribution is -2.22. The molecule has 0 unspecified atom stereocenters. The van der Waals surface area contributed by atoms with Crippen molar-refractivity contribution in [2.45, 2.75) is 57.8 Å². The van der Waals surface area contributed by atoms with Crippen molar-refractivity contribution >= 4 is 5.97 Å². The number of aliphatic carboxylic acids is 1. The van der Waals surface area contributed by atoms with Gasteiger partial charge in [-0.25, -0.2) is 0 Å². The Kier molecular flexibility index (Phi) is 3.33. The highest BCUT2D eigenvalue weighted by atomic mass is 16.4. The highest BCUT2D eigenvalue weighted by Gasteiger charge is 2.54. The molecular weight excluding hydrogens is 240 g/mol. The monoisotopic (exact) mass is 262 g/mol. The van der Waals surface area contributed by atoms with Gasteiger partial charge in [-0.1, -0.05) is 39.8 Å². The number of hydrogen-bond acceptors (Lipinski definition) is 2. The highest BCUT2D eigenvalue weighted by Crippen LogP contribution is 2.54. The molecule has 1 aliphatic carbocycles. The molecule has 0 saturated heterocycles. The molecular formula is C16H22O3. The number of rotatable bonds is 4. The van der Waals surface area contributed by atoms with Crippen LogP contribution < -0.4 is 0 Å². The highest BCUT2D eigenvalue weighted by molar-refractivity contribution is 5.87. The molecule has 104 valence electrons. The van der Waals surface area contributed by atoms with Gasteiger partial charge in [-0.05, 0) is 35.8 Å². The summed E-state index contributed by atoms with van der Waals surface area (Å²) in [5.74, 6) is -0.227. The van der Waals surface area contributed by atoms with E-state index in [9.17, 15) is 15.0 Å². The first-order valence-corrected chi connectivity index (χ1v) is 6.91. The van der Waals surface area contributed by atoms with Crippen molar-refractivity contribution in [2.75, 3.05) is 0 Å². The first-order valence-electron chi connectivity index (χ1n) is 6.91. The fraction of sp³-hybridized carbons (Fsp3) is 0.562. The van der Waals surface area contributed by atoms with Crippen molar-refractivity contribution in [2.24, 2.45) is 0 Å². The number of phenolic OH excluding ortho intramolecular Hbond substituents is 1. The molecule has 0 heterocycles. The Morgan fingerprint density at radius 2 is 1.58 bits per heavy atom. The van der Waals surface area contributed by atoms with Crippen molar-refractivity contribution < 1.29 is 15.0 Å². The van der Waals surface area contributed by atoms with Gasteiger partial charge in [0, 0.05) is 5.56 Å². The van der Waals surface area contributed by atoms with E-state index in [1.54, 1.807) is 0 Å². The van der Waals surface area contributed by atoms with E-state index >= 15 is 0 Å². The summed E-state index contributed by atoms with van der Waals surface area (Å²) in [5, 5.41) is 20.1. The van der Waals surface area contributed by atoms with E-state index < -0.39 is 11.4 Å². The minimum atomic E-state index is -0.853. The number of benzene rings is 1. The van der Waals surface area contributed by atoms with E-state index in [0.29, 0.717) is 18.4 Å². The van der Waals surface area contributed by atoms with Crippen LogP contribution >= 0.6 is 0 Å². The molecule has 2 rings (SSSR count). The van der Waals surface area contributed by atoms with Gasteiger partial charge in [0.2, 0.25) is 0 Å². The normalized spacial score (nSPS) is 16.9. The van der Waals surface area contributed by atoms with Crippen molar-refractivity contribution in [3.63, 3.8) is 0 Å². The third-order valence-electron chi connectivity index (χ3n) is 4.12. The van der Waals surface area contributed by atoms with E-state index in [2.05, 4.69) is 0 Å². The molecule has 1 aromatic carbocycles. The number of phenols is 1. The van der Waals surface area contributed by atoms with E-state index in [-0.39, 0.29) is 17.6 Å². The van der Waals surface area contributed by atoms with Crippen LogP contribution in [0.1, 0.15) is 69.1 Å². The fourth-order valence-electron chi connectivity index (χ4n) is 2.77. The maximum Gasteiger partial charge on any atom is 0.314 e. The lowest BCUT2D eigenvalue weighted by Gasteiger charge is -2.23. The molecule has 2 N–H and O–H groups in total. The van der Waals surface area contributed by atoms with Gasteiger partial charge in [-0.2, -0.15) is 0 Å². The minimum Gasteiger partial charge on any atom is -0.507 e. The lowest BCUT2D eigenvalue weighted by atomic mass is 9.82. The Morgan fingerprint density at radius 3 is 1.95 bits per heavy atom. The van der Waals surface area contributed by atoms with Gasteiger partial charge in [-0.15, -0.1) is 0 Å². The smallest absolute Gasteiger partial charge is 0.314 e. The standard InChI is InChI=1S/C16H22O3/c1-9(2)11-5-6-12(10(3)4)14(17)13(11)16(7-8-16)15(18)19/h5-6,9-10,17H,7-8H2,1-4H3,(H,18,19). The second-order valence-corrected chi connectivity index (χ2v) is 6.16. The molecule has 0 spiro atoms. The van der Waals surface area contributed by atoms with Crippen molar-refractivity contribution in [3.05, 3.63) is 28.8 Å². The van der Waals surface area contributed by atoms with Gasteiger partial charge in [0.05, 0.1) is 5.41 Å². The van der Waals surface area contributed by atoms with Crippen LogP contribution in [0.15, 0.2) is 12.1 Å². The zero-order valence-corrected chi connectivity index (χ0v) is 12.0. The van der Waals surface area contributed by atoms with Crippen molar-refractivity contribution in [1.29, 1.82) is 0 Å². The molecule has 3 heteroatoms. The van der Waals surface area contributed by atoms with Gasteiger partial charge in [-0.3, -0.25) is 4.79 Å². The number of aromatic hydroxyl groups is 1. The molecule has 19 heavy (non-hydrogen) atoms. The summed E-state index contributed by atoms with van der Waals surface area (Å²) >= 11 is 0. The molecule has 1 aromatic rings. The zero-order valence-electron chi connectivity index (χ0n) is 12.0. The Hall–Kier alpha value is -1.51. The van der Waals surface area contributed by atoms with Crippen LogP contribution in [0, 0.1) is 0 Å². The molecule has 0 radical (unpaired) electrons. The predicted octanol–water partition coefficient (Wildman–Crippen LogP) is 3.76. The second kappa shape index (κ2) is 4.55. The molecule has 1 fully saturated rings. The van der Waals surface area contributed by atoms with Crippen molar-refractivity contribution in [3.8, 4) is 5.75 Å². The summed E-state index contributed by atoms with van der Waals surface area (Å²) in [5.41, 5.74) is 1.60. The zero-order chi connectivity index (χ0) is 14.4. The Bertz CT molecular complexity index is 511. The molecule has 0 aliphatic heterocycles. The Morgan fingerprint density at radius 1 is 1.11 bits per heavy atom. The molecule has 3 nitrogen and oxygen atoms in total. The van der Waals surface area contributed by atoms with Crippen LogP contribution in [0.5, 0.6) is 5.75 Å². The van der Waals surface area contributed by atoms with Gasteiger partial charge < -0.3 is 10.2 Å². The van der Waals surface area contributed by atoms with Crippen LogP contribution in [0.3, 0.4) is 0 Å². The van der Waals surface area contributed by atoms with Crippen LogP contribution in [-0.4, -0.2) is 16.2 Å². The maximum atomic E-state index is 11.6. The van der Waals surface area contributed by atoms with E-state index in [1.165, 1.54) is 0 Å². The van der Waals surface area contributed by atoms with Crippen LogP contribution in [0.25, 0.3) is 0 Å². The van der Waals surface area contributed by atoms with E-state index in [1.807, 2.05) is 39.8 Å². The first kappa shape index (κ1) is 13.9. The number of carboxylic acids is 1. The van der Waals surface area contributed by atoms with Crippen LogP contribution in [0.4, 0.5) is 0 Å². The maximum absolute atomic E-state index is 11.6. The molecule has 0 amide bonds. The van der Waals surface area contributed by atoms with Gasteiger partial charge >= 0.3 is 5.97 Å². The van der Waals surface area contributed by atoms with Crippen LogP contribution in [-0.2, 0) is 10.2 Å². The summed E-state index contributed by atoms with van der Waals surface area (Å²) in [4.78, 5) is 11.6. The topological polar surface area (TPSA) is 57.5 Å². The average molecular weight is 262 g/mol. The Balaban J connectivity index is 2.68. The second-order valence-electron chi connectivity index (χ2n) is 6.16. The fourth-order valence-corrected chi connectivity index (χ4v) is 2.77. The van der Waals surface area contributed by atoms with Gasteiger partial charge in [0.1, 0.15) is 5.75 Å². The quantitative estimate of drug-likeness (QED) is 0.868. The van der Waals surface area contributed by atoms with Crippen LogP contribution in [0.2, 0.25) is 0 Å². The van der Waals surface area contributed by atoms with E-state index in [0.717, 1.165) is 11.1 Å². The van der Waals surface area contributed by atoms with Gasteiger partial charge in [0.15, 0.2) is 0 Å². The summed E-state index contributed by atoms with van der Waals surface area (Å²) in [7, 11) is 0. The third-order valence-corrected chi connectivity index (χ3v) is 4.12. The lowest BCUT2D eigenvalue weighted by molar-refractivity contribution is -0.140. The molecule has 0 atom stereocenters. The molecule has 0 aromatic heterocycles. The summed E-state index contributed by atoms with van der Waals surface area (Å²) in [6.45, 7) is 8.08. The van der Waals surface area contributed by atoms with Crippen molar-refractivity contribution in [1.82, 2.24) is 0 Å². The number of hydrogen-bond donors (Lipinski definition) is 2. The molecule has 1 saturated carbocycles. The summed E-state index contributed by atoms with van der Waals surface area (Å²) in [6.07, 6.45) is 1.24. The first-order chi connectivity index (χ1) is 8.81. The Labute approximate surface area is 114 Å². The van der Waals surface area contributed by atoms with E-state index in [4.69, 9.17) is 0 Å². The average Bonchev–Trinajstić information content (AvgIpc) is 3.08.